The van der Waals surface area contributed by atoms with Crippen LogP contribution < -0.4 is 0 Å². The molecule has 0 bridgehead atoms. The fourth-order valence-corrected chi connectivity index (χ4v) is 3.13. The van der Waals surface area contributed by atoms with Gasteiger partial charge in [0.1, 0.15) is 0 Å². The summed E-state index contributed by atoms with van der Waals surface area (Å²) in [5.41, 5.74) is 0. The standard InChI is InChI=1S/C19H34O2/c1-21-19(20)17-11-9-7-5-3-2-4-6-8-10-14-18-15-12-13-16-18/h12,15,18H,2-11,13-14,16-17H2,1H3/t18-/m1/s1. The Kier molecular flexibility index (Phi) is 11.2. The first-order valence-electron chi connectivity index (χ1n) is 9.06. The number of esters is 1. The van der Waals surface area contributed by atoms with Gasteiger partial charge in [-0.25, -0.2) is 0 Å². The van der Waals surface area contributed by atoms with E-state index in [-0.39, 0.29) is 5.97 Å². The Hall–Kier alpha value is -0.790. The Labute approximate surface area is 131 Å². The Morgan fingerprint density at radius 3 is 2.05 bits per heavy atom. The molecule has 0 saturated carbocycles. The van der Waals surface area contributed by atoms with E-state index in [9.17, 15) is 4.79 Å². The average molecular weight is 294 g/mol. The minimum absolute atomic E-state index is 0.0666. The van der Waals surface area contributed by atoms with Gasteiger partial charge in [0, 0.05) is 6.42 Å². The summed E-state index contributed by atoms with van der Waals surface area (Å²) in [6, 6.07) is 0. The highest BCUT2D eigenvalue weighted by Crippen LogP contribution is 2.23. The van der Waals surface area contributed by atoms with Crippen molar-refractivity contribution in [1.82, 2.24) is 0 Å². The molecule has 2 nitrogen and oxygen atoms in total. The third-order valence-electron chi connectivity index (χ3n) is 4.55. The van der Waals surface area contributed by atoms with Crippen LogP contribution in [0.5, 0.6) is 0 Å². The molecule has 0 amide bonds. The van der Waals surface area contributed by atoms with Crippen molar-refractivity contribution in [3.63, 3.8) is 0 Å². The lowest BCUT2D eigenvalue weighted by Gasteiger charge is -2.06. The third kappa shape index (κ3) is 10.6. The van der Waals surface area contributed by atoms with E-state index in [1.165, 1.54) is 84.2 Å². The van der Waals surface area contributed by atoms with Crippen LogP contribution in [0.4, 0.5) is 0 Å². The number of hydrogen-bond acceptors (Lipinski definition) is 2. The number of allylic oxidation sites excluding steroid dienone is 2. The molecule has 21 heavy (non-hydrogen) atoms. The van der Waals surface area contributed by atoms with E-state index in [0.717, 1.165) is 12.3 Å². The quantitative estimate of drug-likeness (QED) is 0.243. The first kappa shape index (κ1) is 18.3. The second kappa shape index (κ2) is 12.9. The first-order valence-corrected chi connectivity index (χ1v) is 9.06. The van der Waals surface area contributed by atoms with Crippen LogP contribution in [0.3, 0.4) is 0 Å². The number of methoxy groups -OCH3 is 1. The Balaban J connectivity index is 1.70. The van der Waals surface area contributed by atoms with Crippen molar-refractivity contribution >= 4 is 5.97 Å². The molecular weight excluding hydrogens is 260 g/mol. The van der Waals surface area contributed by atoms with E-state index >= 15 is 0 Å². The highest BCUT2D eigenvalue weighted by molar-refractivity contribution is 5.68. The van der Waals surface area contributed by atoms with Gasteiger partial charge in [-0.05, 0) is 31.6 Å². The molecular formula is C19H34O2. The predicted octanol–water partition coefficient (Wildman–Crippen LogP) is 5.81. The van der Waals surface area contributed by atoms with Gasteiger partial charge < -0.3 is 4.74 Å². The molecule has 0 unspecified atom stereocenters. The van der Waals surface area contributed by atoms with Crippen molar-refractivity contribution in [2.45, 2.75) is 89.9 Å². The molecule has 0 saturated heterocycles. The summed E-state index contributed by atoms with van der Waals surface area (Å²) < 4.78 is 4.63. The zero-order valence-electron chi connectivity index (χ0n) is 13.9. The van der Waals surface area contributed by atoms with E-state index in [2.05, 4.69) is 16.9 Å². The molecule has 0 radical (unpaired) electrons. The lowest BCUT2D eigenvalue weighted by Crippen LogP contribution is -1.99. The number of unbranched alkanes of at least 4 members (excludes halogenated alkanes) is 9. The van der Waals surface area contributed by atoms with Crippen LogP contribution in [0.15, 0.2) is 12.2 Å². The van der Waals surface area contributed by atoms with E-state index in [4.69, 9.17) is 0 Å². The summed E-state index contributed by atoms with van der Waals surface area (Å²) in [6.07, 6.45) is 22.6. The monoisotopic (exact) mass is 294 g/mol. The summed E-state index contributed by atoms with van der Waals surface area (Å²) in [7, 11) is 1.47. The van der Waals surface area contributed by atoms with Crippen molar-refractivity contribution in [3.8, 4) is 0 Å². The van der Waals surface area contributed by atoms with Crippen molar-refractivity contribution in [2.24, 2.45) is 5.92 Å². The highest BCUT2D eigenvalue weighted by atomic mass is 16.5. The lowest BCUT2D eigenvalue weighted by molar-refractivity contribution is -0.140. The van der Waals surface area contributed by atoms with Gasteiger partial charge in [0.2, 0.25) is 0 Å². The topological polar surface area (TPSA) is 26.3 Å². The molecule has 1 aliphatic rings. The molecule has 0 aromatic heterocycles. The maximum atomic E-state index is 10.9. The summed E-state index contributed by atoms with van der Waals surface area (Å²) in [5.74, 6) is 0.832. The van der Waals surface area contributed by atoms with Crippen LogP contribution in [-0.2, 0) is 9.53 Å². The van der Waals surface area contributed by atoms with Crippen LogP contribution in [-0.4, -0.2) is 13.1 Å². The fourth-order valence-electron chi connectivity index (χ4n) is 3.13. The molecule has 1 aliphatic carbocycles. The zero-order chi connectivity index (χ0) is 15.2. The smallest absolute Gasteiger partial charge is 0.305 e. The van der Waals surface area contributed by atoms with E-state index < -0.39 is 0 Å². The summed E-state index contributed by atoms with van der Waals surface area (Å²) in [6.45, 7) is 0. The highest BCUT2D eigenvalue weighted by Gasteiger charge is 2.07. The second-order valence-electron chi connectivity index (χ2n) is 6.42. The van der Waals surface area contributed by atoms with Gasteiger partial charge in [-0.3, -0.25) is 4.79 Å². The zero-order valence-corrected chi connectivity index (χ0v) is 13.9. The Morgan fingerprint density at radius 2 is 1.52 bits per heavy atom. The minimum Gasteiger partial charge on any atom is -0.469 e. The maximum absolute atomic E-state index is 10.9. The Morgan fingerprint density at radius 1 is 0.952 bits per heavy atom. The molecule has 0 aromatic rings. The predicted molar refractivity (Wildman–Crippen MR) is 89.3 cm³/mol. The number of carbonyl (C=O) groups is 1. The molecule has 0 aliphatic heterocycles. The van der Waals surface area contributed by atoms with E-state index in [0.29, 0.717) is 6.42 Å². The number of hydrogen-bond donors (Lipinski definition) is 0. The average Bonchev–Trinajstić information content (AvgIpc) is 3.01. The molecule has 0 heterocycles. The molecule has 1 rings (SSSR count). The molecule has 0 fully saturated rings. The minimum atomic E-state index is -0.0666. The van der Waals surface area contributed by atoms with Crippen LogP contribution in [0, 0.1) is 5.92 Å². The first-order chi connectivity index (χ1) is 10.3. The maximum Gasteiger partial charge on any atom is 0.305 e. The summed E-state index contributed by atoms with van der Waals surface area (Å²) >= 11 is 0. The van der Waals surface area contributed by atoms with Gasteiger partial charge in [-0.1, -0.05) is 69.9 Å². The van der Waals surface area contributed by atoms with Crippen molar-refractivity contribution in [3.05, 3.63) is 12.2 Å². The second-order valence-corrected chi connectivity index (χ2v) is 6.42. The third-order valence-corrected chi connectivity index (χ3v) is 4.55. The van der Waals surface area contributed by atoms with Gasteiger partial charge in [0.05, 0.1) is 7.11 Å². The van der Waals surface area contributed by atoms with Crippen molar-refractivity contribution < 1.29 is 9.53 Å². The van der Waals surface area contributed by atoms with Gasteiger partial charge in [0.25, 0.3) is 0 Å². The molecule has 122 valence electrons. The van der Waals surface area contributed by atoms with Crippen LogP contribution in [0.25, 0.3) is 0 Å². The summed E-state index contributed by atoms with van der Waals surface area (Å²) in [5, 5.41) is 0. The van der Waals surface area contributed by atoms with Crippen LogP contribution in [0.2, 0.25) is 0 Å². The van der Waals surface area contributed by atoms with Crippen LogP contribution >= 0.6 is 0 Å². The lowest BCUT2D eigenvalue weighted by atomic mass is 9.99. The van der Waals surface area contributed by atoms with Crippen LogP contribution in [0.1, 0.15) is 89.9 Å². The number of carbonyl (C=O) groups excluding carboxylic acids is 1. The van der Waals surface area contributed by atoms with Crippen molar-refractivity contribution in [1.29, 1.82) is 0 Å². The molecule has 0 spiro atoms. The SMILES string of the molecule is COC(=O)CCCCCCCCCCCC[C@@H]1C=CCC1. The Bertz CT molecular complexity index is 283. The van der Waals surface area contributed by atoms with E-state index in [1.54, 1.807) is 0 Å². The number of ether oxygens (including phenoxy) is 1. The molecule has 0 N–H and O–H groups in total. The fraction of sp³-hybridized carbons (Fsp3) is 0.842. The van der Waals surface area contributed by atoms with Crippen molar-refractivity contribution in [2.75, 3.05) is 7.11 Å². The largest absolute Gasteiger partial charge is 0.469 e. The molecule has 0 aromatic carbocycles. The molecule has 2 heteroatoms. The van der Waals surface area contributed by atoms with Gasteiger partial charge in [0.15, 0.2) is 0 Å². The summed E-state index contributed by atoms with van der Waals surface area (Å²) in [4.78, 5) is 10.9. The number of rotatable bonds is 13. The normalized spacial score (nSPS) is 17.3. The molecule has 1 atom stereocenters. The van der Waals surface area contributed by atoms with E-state index in [1.807, 2.05) is 0 Å². The van der Waals surface area contributed by atoms with Gasteiger partial charge in [-0.15, -0.1) is 0 Å². The van der Waals surface area contributed by atoms with Gasteiger partial charge in [-0.2, -0.15) is 0 Å². The van der Waals surface area contributed by atoms with Gasteiger partial charge >= 0.3 is 5.97 Å².